The van der Waals surface area contributed by atoms with E-state index in [1.807, 2.05) is 26.0 Å². The molecule has 0 saturated carbocycles. The molecule has 0 radical (unpaired) electrons. The number of para-hydroxylation sites is 1. The molecule has 2 aromatic carbocycles. The molecule has 2 aliphatic rings. The van der Waals surface area contributed by atoms with Crippen molar-refractivity contribution < 1.29 is 14.4 Å². The number of amides is 3. The Morgan fingerprint density at radius 1 is 1.00 bits per heavy atom. The van der Waals surface area contributed by atoms with E-state index in [0.717, 1.165) is 5.56 Å². The van der Waals surface area contributed by atoms with Gasteiger partial charge in [-0.15, -0.1) is 0 Å². The maximum atomic E-state index is 13.1. The third kappa shape index (κ3) is 2.37. The maximum absolute atomic E-state index is 13.1. The number of carbonyl (C=O) groups excluding carboxylic acids is 3. The van der Waals surface area contributed by atoms with Gasteiger partial charge in [0.05, 0.1) is 11.3 Å². The number of hydrogen-bond acceptors (Lipinski definition) is 3. The van der Waals surface area contributed by atoms with Crippen molar-refractivity contribution in [2.75, 3.05) is 11.4 Å². The highest BCUT2D eigenvalue weighted by Gasteiger charge is 2.47. The van der Waals surface area contributed by atoms with Gasteiger partial charge in [0.1, 0.15) is 12.7 Å². The van der Waals surface area contributed by atoms with Gasteiger partial charge in [0, 0.05) is 17.2 Å². The third-order valence-corrected chi connectivity index (χ3v) is 4.65. The minimum Gasteiger partial charge on any atom is -0.352 e. The van der Waals surface area contributed by atoms with Crippen LogP contribution in [0.5, 0.6) is 0 Å². The summed E-state index contributed by atoms with van der Waals surface area (Å²) >= 11 is 0. The van der Waals surface area contributed by atoms with Crippen molar-refractivity contribution in [1.82, 2.24) is 10.2 Å². The summed E-state index contributed by atoms with van der Waals surface area (Å²) in [6.45, 7) is 3.63. The summed E-state index contributed by atoms with van der Waals surface area (Å²) in [5.74, 6) is -0.644. The molecule has 2 aliphatic heterocycles. The quantitative estimate of drug-likeness (QED) is 0.925. The third-order valence-electron chi connectivity index (χ3n) is 4.65. The standard InChI is InChI=1S/C20H19N3O3/c1-12(2)21-17(24)11-22-18-13-7-3-4-8-14(13)20(26)23(18)16-10-6-5-9-15(16)19(22)25/h3-10,12,18H,11H2,1-2H3,(H,21,24)/t18-/m1/s1. The molecule has 132 valence electrons. The van der Waals surface area contributed by atoms with Crippen LogP contribution in [-0.2, 0) is 4.79 Å². The van der Waals surface area contributed by atoms with Crippen molar-refractivity contribution in [3.63, 3.8) is 0 Å². The molecular formula is C20H19N3O3. The Labute approximate surface area is 151 Å². The molecule has 4 rings (SSSR count). The van der Waals surface area contributed by atoms with Crippen molar-refractivity contribution in [3.05, 3.63) is 65.2 Å². The van der Waals surface area contributed by atoms with Crippen LogP contribution in [0.4, 0.5) is 5.69 Å². The molecular weight excluding hydrogens is 330 g/mol. The number of rotatable bonds is 3. The van der Waals surface area contributed by atoms with Gasteiger partial charge in [-0.1, -0.05) is 30.3 Å². The molecule has 1 N–H and O–H groups in total. The van der Waals surface area contributed by atoms with Crippen LogP contribution in [0.25, 0.3) is 0 Å². The number of hydrogen-bond donors (Lipinski definition) is 1. The molecule has 0 aliphatic carbocycles. The molecule has 0 saturated heterocycles. The van der Waals surface area contributed by atoms with Gasteiger partial charge in [0.25, 0.3) is 11.8 Å². The summed E-state index contributed by atoms with van der Waals surface area (Å²) in [6, 6.07) is 14.3. The van der Waals surface area contributed by atoms with Crippen LogP contribution in [0.3, 0.4) is 0 Å². The summed E-state index contributed by atoms with van der Waals surface area (Å²) in [7, 11) is 0. The van der Waals surface area contributed by atoms with Crippen LogP contribution in [0.1, 0.15) is 46.3 Å². The highest BCUT2D eigenvalue weighted by molar-refractivity contribution is 6.17. The van der Waals surface area contributed by atoms with E-state index in [1.165, 1.54) is 4.90 Å². The van der Waals surface area contributed by atoms with Gasteiger partial charge >= 0.3 is 0 Å². The van der Waals surface area contributed by atoms with Crippen molar-refractivity contribution in [1.29, 1.82) is 0 Å². The molecule has 3 amide bonds. The van der Waals surface area contributed by atoms with Crippen molar-refractivity contribution >= 4 is 23.4 Å². The van der Waals surface area contributed by atoms with Crippen LogP contribution in [0, 0.1) is 0 Å². The van der Waals surface area contributed by atoms with Crippen LogP contribution in [0.2, 0.25) is 0 Å². The summed E-state index contributed by atoms with van der Waals surface area (Å²) in [5.41, 5.74) is 2.33. The Balaban J connectivity index is 1.83. The molecule has 6 nitrogen and oxygen atoms in total. The smallest absolute Gasteiger partial charge is 0.260 e. The van der Waals surface area contributed by atoms with Crippen LogP contribution < -0.4 is 10.2 Å². The fourth-order valence-corrected chi connectivity index (χ4v) is 3.66. The second-order valence-electron chi connectivity index (χ2n) is 6.81. The average Bonchev–Trinajstić information content (AvgIpc) is 2.91. The molecule has 26 heavy (non-hydrogen) atoms. The molecule has 0 spiro atoms. The molecule has 1 atom stereocenters. The molecule has 6 heteroatoms. The van der Waals surface area contributed by atoms with Gasteiger partial charge in [0.15, 0.2) is 0 Å². The Kier molecular flexibility index (Phi) is 3.76. The first-order valence-electron chi connectivity index (χ1n) is 8.61. The summed E-state index contributed by atoms with van der Waals surface area (Å²) in [5, 5.41) is 2.81. The number of fused-ring (bicyclic) bond motifs is 5. The number of benzene rings is 2. The lowest BCUT2D eigenvalue weighted by molar-refractivity contribution is -0.122. The van der Waals surface area contributed by atoms with Crippen molar-refractivity contribution in [3.8, 4) is 0 Å². The van der Waals surface area contributed by atoms with Crippen LogP contribution in [0.15, 0.2) is 48.5 Å². The first-order valence-corrected chi connectivity index (χ1v) is 8.61. The zero-order valence-electron chi connectivity index (χ0n) is 14.6. The minimum atomic E-state index is -0.598. The van der Waals surface area contributed by atoms with E-state index in [4.69, 9.17) is 0 Å². The number of carbonyl (C=O) groups is 3. The van der Waals surface area contributed by atoms with Crippen molar-refractivity contribution in [2.45, 2.75) is 26.1 Å². The van der Waals surface area contributed by atoms with Gasteiger partial charge in [-0.05, 0) is 32.0 Å². The zero-order chi connectivity index (χ0) is 18.4. The zero-order valence-corrected chi connectivity index (χ0v) is 14.6. The maximum Gasteiger partial charge on any atom is 0.260 e. The van der Waals surface area contributed by atoms with Crippen LogP contribution in [-0.4, -0.2) is 35.2 Å². The van der Waals surface area contributed by atoms with E-state index >= 15 is 0 Å². The van der Waals surface area contributed by atoms with E-state index in [1.54, 1.807) is 41.3 Å². The number of anilines is 1. The van der Waals surface area contributed by atoms with Gasteiger partial charge in [-0.3, -0.25) is 19.3 Å². The van der Waals surface area contributed by atoms with Crippen molar-refractivity contribution in [2.24, 2.45) is 0 Å². The molecule has 2 heterocycles. The Morgan fingerprint density at radius 3 is 2.38 bits per heavy atom. The monoisotopic (exact) mass is 349 g/mol. The van der Waals surface area contributed by atoms with Gasteiger partial charge < -0.3 is 10.2 Å². The van der Waals surface area contributed by atoms with Crippen LogP contribution >= 0.6 is 0 Å². The average molecular weight is 349 g/mol. The SMILES string of the molecule is CC(C)NC(=O)CN1C(=O)c2ccccc2N2C(=O)c3ccccc3[C@H]12. The minimum absolute atomic E-state index is 0.0247. The molecule has 0 aromatic heterocycles. The Bertz CT molecular complexity index is 922. The normalized spacial score (nSPS) is 17.9. The first-order chi connectivity index (χ1) is 12.5. The fourth-order valence-electron chi connectivity index (χ4n) is 3.66. The summed E-state index contributed by atoms with van der Waals surface area (Å²) in [4.78, 5) is 41.5. The second-order valence-corrected chi connectivity index (χ2v) is 6.81. The highest BCUT2D eigenvalue weighted by atomic mass is 16.2. The second kappa shape index (κ2) is 5.98. The van der Waals surface area contributed by atoms with E-state index in [0.29, 0.717) is 16.8 Å². The Morgan fingerprint density at radius 2 is 1.65 bits per heavy atom. The lowest BCUT2D eigenvalue weighted by atomic mass is 10.0. The van der Waals surface area contributed by atoms with E-state index in [2.05, 4.69) is 5.32 Å². The molecule has 0 bridgehead atoms. The molecule has 2 aromatic rings. The topological polar surface area (TPSA) is 69.7 Å². The summed E-state index contributed by atoms with van der Waals surface area (Å²) in [6.07, 6.45) is -0.598. The first kappa shape index (κ1) is 16.3. The predicted octanol–water partition coefficient (Wildman–Crippen LogP) is 2.33. The Hall–Kier alpha value is -3.15. The van der Waals surface area contributed by atoms with E-state index in [9.17, 15) is 14.4 Å². The number of nitrogens with one attached hydrogen (secondary N) is 1. The van der Waals surface area contributed by atoms with Gasteiger partial charge in [0.2, 0.25) is 5.91 Å². The lowest BCUT2D eigenvalue weighted by Crippen LogP contribution is -2.52. The van der Waals surface area contributed by atoms with E-state index in [-0.39, 0.29) is 30.3 Å². The molecule has 0 unspecified atom stereocenters. The highest BCUT2D eigenvalue weighted by Crippen LogP contribution is 2.44. The van der Waals surface area contributed by atoms with E-state index < -0.39 is 6.17 Å². The summed E-state index contributed by atoms with van der Waals surface area (Å²) < 4.78 is 0. The van der Waals surface area contributed by atoms with Gasteiger partial charge in [-0.2, -0.15) is 0 Å². The predicted molar refractivity (Wildman–Crippen MR) is 96.7 cm³/mol. The largest absolute Gasteiger partial charge is 0.352 e. The number of nitrogens with zero attached hydrogens (tertiary/aromatic N) is 2. The lowest BCUT2D eigenvalue weighted by Gasteiger charge is -2.40. The van der Waals surface area contributed by atoms with Gasteiger partial charge in [-0.25, -0.2) is 0 Å². The fraction of sp³-hybridized carbons (Fsp3) is 0.250. The molecule has 0 fully saturated rings.